The number of carbonyl (C=O) groups is 2. The van der Waals surface area contributed by atoms with Crippen molar-refractivity contribution in [3.05, 3.63) is 0 Å². The molecule has 0 N–H and O–H groups in total. The van der Waals surface area contributed by atoms with E-state index in [-0.39, 0.29) is 81.2 Å². The van der Waals surface area contributed by atoms with Gasteiger partial charge in [-0.3, -0.25) is 4.79 Å². The molecule has 1 atom stereocenters. The fourth-order valence-electron chi connectivity index (χ4n) is 1.15. The number of hydrogen-bond acceptors (Lipinski definition) is 4. The summed E-state index contributed by atoms with van der Waals surface area (Å²) in [5, 5.41) is 10.7. The van der Waals surface area contributed by atoms with Gasteiger partial charge in [-0.25, -0.2) is 0 Å². The quantitative estimate of drug-likeness (QED) is 0.538. The van der Waals surface area contributed by atoms with Crippen molar-refractivity contribution >= 4 is 11.9 Å². The van der Waals surface area contributed by atoms with Crippen LogP contribution < -0.4 is 74.0 Å². The molecule has 0 bridgehead atoms. The van der Waals surface area contributed by atoms with Gasteiger partial charge in [-0.1, -0.05) is 13.8 Å². The molecule has 0 heterocycles. The maximum Gasteiger partial charge on any atom is 1.00 e. The van der Waals surface area contributed by atoms with Gasteiger partial charge in [-0.2, -0.15) is 0 Å². The van der Waals surface area contributed by atoms with Crippen molar-refractivity contribution in [2.75, 3.05) is 0 Å². The van der Waals surface area contributed by atoms with Crippen LogP contribution in [0.4, 0.5) is 0 Å². The van der Waals surface area contributed by atoms with E-state index in [0.717, 1.165) is 0 Å². The number of hydrogen-bond donors (Lipinski definition) is 0. The largest absolute Gasteiger partial charge is 1.00 e. The molecule has 0 spiro atoms. The Labute approximate surface area is 156 Å². The smallest absolute Gasteiger partial charge is 0.550 e. The van der Waals surface area contributed by atoms with Crippen LogP contribution in [-0.4, -0.2) is 17.5 Å². The monoisotopic (exact) mass is 348 g/mol. The van der Waals surface area contributed by atoms with Gasteiger partial charge in [0.15, 0.2) is 0 Å². The second-order valence-electron chi connectivity index (χ2n) is 4.96. The van der Waals surface area contributed by atoms with Gasteiger partial charge in [0.05, 0.1) is 6.42 Å². The molecule has 88 valence electrons. The van der Waals surface area contributed by atoms with E-state index in [2.05, 4.69) is 0 Å². The molecule has 0 aromatic carbocycles. The fourth-order valence-corrected chi connectivity index (χ4v) is 1.15. The van der Waals surface area contributed by atoms with Gasteiger partial charge >= 0.3 is 74.9 Å². The summed E-state index contributed by atoms with van der Waals surface area (Å²) in [6, 6.07) is 0. The van der Waals surface area contributed by atoms with Crippen LogP contribution in [0.25, 0.3) is 0 Å². The summed E-state index contributed by atoms with van der Waals surface area (Å²) in [6.07, 6.45) is -0.128. The number of aliphatic carboxylic acids is 1. The van der Waals surface area contributed by atoms with E-state index in [9.17, 15) is 14.7 Å². The number of esters is 1. The van der Waals surface area contributed by atoms with Gasteiger partial charge in [0, 0.05) is 11.9 Å². The molecule has 0 radical (unpaired) electrons. The molecular formula is C11H19CsO4. The molecule has 0 rings (SSSR count). The predicted octanol–water partition coefficient (Wildman–Crippen LogP) is -2.26. The normalized spacial score (nSPS) is 12.9. The van der Waals surface area contributed by atoms with Crippen molar-refractivity contribution in [3.63, 3.8) is 0 Å². The van der Waals surface area contributed by atoms with Crippen molar-refractivity contribution < 1.29 is 88.3 Å². The average molecular weight is 348 g/mol. The third-order valence-corrected chi connectivity index (χ3v) is 1.91. The molecule has 16 heavy (non-hydrogen) atoms. The van der Waals surface area contributed by atoms with Crippen LogP contribution in [0.1, 0.15) is 41.0 Å². The van der Waals surface area contributed by atoms with E-state index >= 15 is 0 Å². The molecule has 0 unspecified atom stereocenters. The van der Waals surface area contributed by atoms with E-state index in [1.807, 2.05) is 0 Å². The summed E-state index contributed by atoms with van der Waals surface area (Å²) in [5.74, 6) is -2.61. The second kappa shape index (κ2) is 8.16. The molecule has 0 aliphatic carbocycles. The van der Waals surface area contributed by atoms with Crippen molar-refractivity contribution in [1.82, 2.24) is 0 Å². The molecule has 0 fully saturated rings. The van der Waals surface area contributed by atoms with Gasteiger partial charge in [-0.15, -0.1) is 0 Å². The standard InChI is InChI=1S/C11H20O4.Cs/c1-7(2)8(10(13)14)6-9(12)15-11(3,4)5;/h7-8H,6H2,1-5H3,(H,13,14);/q;+1/p-1/t8-;/m0./s1. The third kappa shape index (κ3) is 9.07. The molecule has 5 heteroatoms. The van der Waals surface area contributed by atoms with Gasteiger partial charge in [-0.05, 0) is 26.7 Å². The zero-order valence-corrected chi connectivity index (χ0v) is 17.3. The number of carbonyl (C=O) groups excluding carboxylic acids is 2. The van der Waals surface area contributed by atoms with Gasteiger partial charge in [0.1, 0.15) is 5.60 Å². The van der Waals surface area contributed by atoms with Crippen molar-refractivity contribution in [2.24, 2.45) is 11.8 Å². The number of carboxylic acids is 1. The minimum atomic E-state index is -1.20. The van der Waals surface area contributed by atoms with Gasteiger partial charge in [0.25, 0.3) is 0 Å². The molecule has 0 aliphatic rings. The van der Waals surface area contributed by atoms with Crippen molar-refractivity contribution in [2.45, 2.75) is 46.6 Å². The first-order valence-electron chi connectivity index (χ1n) is 5.06. The van der Waals surface area contributed by atoms with Crippen LogP contribution >= 0.6 is 0 Å². The summed E-state index contributed by atoms with van der Waals surface area (Å²) in [6.45, 7) is 8.71. The van der Waals surface area contributed by atoms with E-state index in [1.54, 1.807) is 34.6 Å². The molecule has 4 nitrogen and oxygen atoms in total. The van der Waals surface area contributed by atoms with E-state index < -0.39 is 23.5 Å². The van der Waals surface area contributed by atoms with Crippen LogP contribution in [0.5, 0.6) is 0 Å². The molecule has 0 aromatic heterocycles. The summed E-state index contributed by atoms with van der Waals surface area (Å²) in [7, 11) is 0. The number of carboxylic acid groups (broad SMARTS) is 1. The Morgan fingerprint density at radius 2 is 1.69 bits per heavy atom. The van der Waals surface area contributed by atoms with Crippen LogP contribution in [0.2, 0.25) is 0 Å². The molecule has 0 aliphatic heterocycles. The second-order valence-corrected chi connectivity index (χ2v) is 4.96. The van der Waals surface area contributed by atoms with Crippen LogP contribution in [0.15, 0.2) is 0 Å². The fraction of sp³-hybridized carbons (Fsp3) is 0.818. The van der Waals surface area contributed by atoms with Crippen molar-refractivity contribution in [1.29, 1.82) is 0 Å². The summed E-state index contributed by atoms with van der Waals surface area (Å²) in [5.41, 5.74) is -0.579. The summed E-state index contributed by atoms with van der Waals surface area (Å²) in [4.78, 5) is 22.1. The van der Waals surface area contributed by atoms with E-state index in [4.69, 9.17) is 4.74 Å². The topological polar surface area (TPSA) is 66.4 Å². The minimum Gasteiger partial charge on any atom is -0.550 e. The zero-order chi connectivity index (χ0) is 12.2. The molecular weight excluding hydrogens is 329 g/mol. The van der Waals surface area contributed by atoms with Crippen molar-refractivity contribution in [3.8, 4) is 0 Å². The Bertz CT molecular complexity index is 243. The zero-order valence-electron chi connectivity index (χ0n) is 11.0. The Kier molecular flexibility index (Phi) is 9.86. The molecule has 0 amide bonds. The summed E-state index contributed by atoms with van der Waals surface area (Å²) < 4.78 is 5.04. The first-order valence-corrected chi connectivity index (χ1v) is 5.06. The molecule has 0 saturated heterocycles. The summed E-state index contributed by atoms with van der Waals surface area (Å²) >= 11 is 0. The first kappa shape index (κ1) is 19.3. The Morgan fingerprint density at radius 3 is 1.94 bits per heavy atom. The van der Waals surface area contributed by atoms with Crippen LogP contribution in [-0.2, 0) is 14.3 Å². The van der Waals surface area contributed by atoms with Gasteiger partial charge in [0.2, 0.25) is 0 Å². The third-order valence-electron chi connectivity index (χ3n) is 1.91. The number of ether oxygens (including phenoxy) is 1. The Balaban J connectivity index is 0. The van der Waals surface area contributed by atoms with Crippen LogP contribution in [0, 0.1) is 11.8 Å². The van der Waals surface area contributed by atoms with Gasteiger partial charge < -0.3 is 14.6 Å². The SMILES string of the molecule is CC(C)[C@H](CC(=O)OC(C)(C)C)C(=O)[O-].[Cs+]. The van der Waals surface area contributed by atoms with Crippen LogP contribution in [0.3, 0.4) is 0 Å². The Morgan fingerprint density at radius 1 is 1.25 bits per heavy atom. The number of rotatable bonds is 4. The predicted molar refractivity (Wildman–Crippen MR) is 53.8 cm³/mol. The first-order chi connectivity index (χ1) is 6.63. The minimum absolute atomic E-state index is 0. The van der Waals surface area contributed by atoms with E-state index in [0.29, 0.717) is 0 Å². The Hall–Kier alpha value is 0.992. The van der Waals surface area contributed by atoms with E-state index in [1.165, 1.54) is 0 Å². The maximum atomic E-state index is 11.4. The molecule has 0 aromatic rings. The maximum absolute atomic E-state index is 11.4. The average Bonchev–Trinajstić information content (AvgIpc) is 1.95. The molecule has 0 saturated carbocycles.